The van der Waals surface area contributed by atoms with E-state index in [4.69, 9.17) is 4.74 Å². The monoisotopic (exact) mass is 502 g/mol. The summed E-state index contributed by atoms with van der Waals surface area (Å²) in [6.07, 6.45) is 3.51. The van der Waals surface area contributed by atoms with E-state index in [0.29, 0.717) is 38.0 Å². The van der Waals surface area contributed by atoms with Gasteiger partial charge in [-0.3, -0.25) is 14.5 Å². The summed E-state index contributed by atoms with van der Waals surface area (Å²) in [6, 6.07) is 6.01. The summed E-state index contributed by atoms with van der Waals surface area (Å²) >= 11 is 0. The molecule has 1 aromatic carbocycles. The Morgan fingerprint density at radius 1 is 1.39 bits per heavy atom. The van der Waals surface area contributed by atoms with Crippen molar-refractivity contribution < 1.29 is 13.9 Å². The topological polar surface area (TPSA) is 75.0 Å². The summed E-state index contributed by atoms with van der Waals surface area (Å²) in [7, 11) is 3.50. The number of nitrogens with one attached hydrogen (secondary N) is 1. The van der Waals surface area contributed by atoms with Gasteiger partial charge in [-0.15, -0.1) is 24.0 Å². The second kappa shape index (κ2) is 10.2. The van der Waals surface area contributed by atoms with Crippen LogP contribution in [0.15, 0.2) is 41.7 Å². The first-order valence-corrected chi connectivity index (χ1v) is 8.70. The first-order valence-electron chi connectivity index (χ1n) is 8.70. The summed E-state index contributed by atoms with van der Waals surface area (Å²) in [5.41, 5.74) is 0.800. The number of guanidine groups is 1. The van der Waals surface area contributed by atoms with Gasteiger partial charge >= 0.3 is 0 Å². The van der Waals surface area contributed by atoms with Crippen molar-refractivity contribution in [1.82, 2.24) is 20.0 Å². The predicted octanol–water partition coefficient (Wildman–Crippen LogP) is 1.48. The number of nitrogens with zero attached hydrogens (tertiary/aromatic N) is 5. The number of halogens is 2. The Bertz CT molecular complexity index is 828. The van der Waals surface area contributed by atoms with Gasteiger partial charge in [0.1, 0.15) is 24.7 Å². The standard InChI is InChI=1S/C18H23FN6O2.HI/c1-20-18(21-6-9-27-16-5-3-4-14(19)10-16)24-7-8-25(17(26)13-24)15-11-22-23(2)12-15;/h3-5,10-12H,6-9,13H2,1-2H3,(H,20,21);1H. The summed E-state index contributed by atoms with van der Waals surface area (Å²) in [5, 5.41) is 7.29. The summed E-state index contributed by atoms with van der Waals surface area (Å²) in [6.45, 7) is 2.29. The Hall–Kier alpha value is -2.37. The zero-order chi connectivity index (χ0) is 19.2. The number of hydrogen-bond acceptors (Lipinski definition) is 4. The smallest absolute Gasteiger partial charge is 0.246 e. The van der Waals surface area contributed by atoms with E-state index < -0.39 is 0 Å². The number of anilines is 1. The highest BCUT2D eigenvalue weighted by molar-refractivity contribution is 14.0. The first kappa shape index (κ1) is 21.9. The average molecular weight is 502 g/mol. The maximum absolute atomic E-state index is 13.1. The fraction of sp³-hybridized carbons (Fsp3) is 0.389. The molecular weight excluding hydrogens is 478 g/mol. The normalized spacial score (nSPS) is 14.7. The number of aliphatic imine (C=N–C) groups is 1. The third-order valence-corrected chi connectivity index (χ3v) is 4.18. The fourth-order valence-electron chi connectivity index (χ4n) is 2.90. The SMILES string of the molecule is CN=C(NCCOc1cccc(F)c1)N1CCN(c2cnn(C)c2)C(=O)C1.I. The van der Waals surface area contributed by atoms with E-state index in [9.17, 15) is 9.18 Å². The molecule has 2 aromatic rings. The number of rotatable bonds is 5. The molecule has 2 heterocycles. The van der Waals surface area contributed by atoms with Gasteiger partial charge in [-0.25, -0.2) is 4.39 Å². The van der Waals surface area contributed by atoms with E-state index in [1.807, 2.05) is 18.1 Å². The number of carbonyl (C=O) groups is 1. The van der Waals surface area contributed by atoms with Crippen LogP contribution in [0.4, 0.5) is 10.1 Å². The van der Waals surface area contributed by atoms with Crippen molar-refractivity contribution in [2.75, 3.05) is 44.7 Å². The zero-order valence-electron chi connectivity index (χ0n) is 15.8. The zero-order valence-corrected chi connectivity index (χ0v) is 18.2. The minimum Gasteiger partial charge on any atom is -0.492 e. The van der Waals surface area contributed by atoms with Crippen molar-refractivity contribution in [3.05, 3.63) is 42.5 Å². The molecule has 0 bridgehead atoms. The molecule has 0 unspecified atom stereocenters. The fourth-order valence-corrected chi connectivity index (χ4v) is 2.90. The highest BCUT2D eigenvalue weighted by Gasteiger charge is 2.27. The van der Waals surface area contributed by atoms with Gasteiger partial charge in [0.05, 0.1) is 18.4 Å². The molecule has 1 saturated heterocycles. The third-order valence-electron chi connectivity index (χ3n) is 4.18. The van der Waals surface area contributed by atoms with Gasteiger partial charge in [0.25, 0.3) is 0 Å². The molecule has 0 saturated carbocycles. The van der Waals surface area contributed by atoms with Gasteiger partial charge in [-0.2, -0.15) is 5.10 Å². The number of carbonyl (C=O) groups excluding carboxylic acids is 1. The van der Waals surface area contributed by atoms with Crippen molar-refractivity contribution in [1.29, 1.82) is 0 Å². The molecule has 3 rings (SSSR count). The number of piperazine rings is 1. The van der Waals surface area contributed by atoms with Gasteiger partial charge in [0, 0.05) is 39.4 Å². The Labute approximate surface area is 180 Å². The van der Waals surface area contributed by atoms with Crippen LogP contribution in [0.3, 0.4) is 0 Å². The minimum absolute atomic E-state index is 0. The van der Waals surface area contributed by atoms with Crippen LogP contribution in [-0.2, 0) is 11.8 Å². The molecule has 1 fully saturated rings. The van der Waals surface area contributed by atoms with Gasteiger partial charge in [-0.05, 0) is 12.1 Å². The molecule has 152 valence electrons. The quantitative estimate of drug-likeness (QED) is 0.290. The Morgan fingerprint density at radius 3 is 2.86 bits per heavy atom. The van der Waals surface area contributed by atoms with E-state index in [0.717, 1.165) is 5.69 Å². The van der Waals surface area contributed by atoms with Crippen LogP contribution in [0.25, 0.3) is 0 Å². The minimum atomic E-state index is -0.332. The molecule has 28 heavy (non-hydrogen) atoms. The predicted molar refractivity (Wildman–Crippen MR) is 116 cm³/mol. The van der Waals surface area contributed by atoms with E-state index in [1.54, 1.807) is 35.0 Å². The largest absolute Gasteiger partial charge is 0.492 e. The lowest BCUT2D eigenvalue weighted by Gasteiger charge is -2.35. The third kappa shape index (κ3) is 5.57. The molecule has 1 aliphatic rings. The molecule has 0 radical (unpaired) electrons. The Kier molecular flexibility index (Phi) is 8.03. The van der Waals surface area contributed by atoms with Crippen molar-refractivity contribution in [3.63, 3.8) is 0 Å². The molecule has 0 aliphatic carbocycles. The maximum atomic E-state index is 13.1. The molecule has 10 heteroatoms. The van der Waals surface area contributed by atoms with Crippen molar-refractivity contribution in [2.45, 2.75) is 0 Å². The van der Waals surface area contributed by atoms with Crippen LogP contribution in [0.1, 0.15) is 0 Å². The molecule has 1 aliphatic heterocycles. The van der Waals surface area contributed by atoms with Crippen LogP contribution in [-0.4, -0.2) is 66.4 Å². The van der Waals surface area contributed by atoms with Crippen LogP contribution in [0.5, 0.6) is 5.75 Å². The van der Waals surface area contributed by atoms with Gasteiger partial charge in [0.15, 0.2) is 5.96 Å². The number of benzene rings is 1. The second-order valence-corrected chi connectivity index (χ2v) is 6.12. The number of amides is 1. The highest BCUT2D eigenvalue weighted by Crippen LogP contribution is 2.16. The van der Waals surface area contributed by atoms with Gasteiger partial charge < -0.3 is 19.9 Å². The Morgan fingerprint density at radius 2 is 2.21 bits per heavy atom. The number of hydrogen-bond donors (Lipinski definition) is 1. The molecule has 1 N–H and O–H groups in total. The second-order valence-electron chi connectivity index (χ2n) is 6.12. The van der Waals surface area contributed by atoms with E-state index in [-0.39, 0.29) is 42.2 Å². The van der Waals surface area contributed by atoms with E-state index in [1.165, 1.54) is 12.1 Å². The molecule has 8 nitrogen and oxygen atoms in total. The lowest BCUT2D eigenvalue weighted by Crippen LogP contribution is -2.55. The Balaban J connectivity index is 0.00000280. The number of aryl methyl sites for hydroxylation is 1. The summed E-state index contributed by atoms with van der Waals surface area (Å²) in [4.78, 5) is 20.3. The van der Waals surface area contributed by atoms with E-state index >= 15 is 0 Å². The van der Waals surface area contributed by atoms with E-state index in [2.05, 4.69) is 15.4 Å². The van der Waals surface area contributed by atoms with Crippen molar-refractivity contribution in [2.24, 2.45) is 12.0 Å². The van der Waals surface area contributed by atoms with Crippen LogP contribution in [0.2, 0.25) is 0 Å². The lowest BCUT2D eigenvalue weighted by molar-refractivity contribution is -0.120. The molecular formula is C18H24FIN6O2. The van der Waals surface area contributed by atoms with Gasteiger partial charge in [0.2, 0.25) is 5.91 Å². The molecule has 1 aromatic heterocycles. The number of ether oxygens (including phenoxy) is 1. The van der Waals surface area contributed by atoms with Gasteiger partial charge in [-0.1, -0.05) is 6.07 Å². The van der Waals surface area contributed by atoms with Crippen LogP contribution < -0.4 is 15.0 Å². The average Bonchev–Trinajstić information content (AvgIpc) is 3.08. The molecule has 0 atom stereocenters. The molecule has 1 amide bonds. The van der Waals surface area contributed by atoms with Crippen molar-refractivity contribution in [3.8, 4) is 5.75 Å². The first-order chi connectivity index (χ1) is 13.1. The van der Waals surface area contributed by atoms with Crippen LogP contribution >= 0.6 is 24.0 Å². The van der Waals surface area contributed by atoms with Crippen LogP contribution in [0, 0.1) is 5.82 Å². The summed E-state index contributed by atoms with van der Waals surface area (Å²) < 4.78 is 20.3. The molecule has 0 spiro atoms. The highest BCUT2D eigenvalue weighted by atomic mass is 127. The summed E-state index contributed by atoms with van der Waals surface area (Å²) in [5.74, 6) is 0.776. The number of aromatic nitrogens is 2. The maximum Gasteiger partial charge on any atom is 0.246 e. The lowest BCUT2D eigenvalue weighted by atomic mass is 10.3. The van der Waals surface area contributed by atoms with Crippen molar-refractivity contribution >= 4 is 41.5 Å².